The van der Waals surface area contributed by atoms with Gasteiger partial charge in [-0.05, 0) is 43.5 Å². The fourth-order valence-corrected chi connectivity index (χ4v) is 3.97. The number of hydrogen-bond acceptors (Lipinski definition) is 3. The fraction of sp³-hybridized carbons (Fsp3) is 0.680. The van der Waals surface area contributed by atoms with E-state index in [4.69, 9.17) is 4.74 Å². The Hall–Kier alpha value is -1.91. The summed E-state index contributed by atoms with van der Waals surface area (Å²) in [5.41, 5.74) is 0.485. The molecule has 0 bridgehead atoms. The molecule has 1 fully saturated rings. The number of carbonyl (C=O) groups is 2. The van der Waals surface area contributed by atoms with E-state index in [0.717, 1.165) is 12.8 Å². The molecular weight excluding hydrogens is 381 g/mol. The smallest absolute Gasteiger partial charge is 0.309 e. The summed E-state index contributed by atoms with van der Waals surface area (Å²) in [6, 6.07) is 5.60. The second kappa shape index (κ2) is 14.2. The number of likely N-dealkylation sites (tertiary alicyclic amines) is 1. The highest BCUT2D eigenvalue weighted by Gasteiger charge is 2.28. The van der Waals surface area contributed by atoms with Gasteiger partial charge in [0.1, 0.15) is 5.82 Å². The average Bonchev–Trinajstić information content (AvgIpc) is 2.77. The minimum atomic E-state index is -0.351. The molecule has 1 aliphatic rings. The lowest BCUT2D eigenvalue weighted by molar-refractivity contribution is -0.150. The van der Waals surface area contributed by atoms with Crippen LogP contribution in [0.15, 0.2) is 24.3 Å². The Morgan fingerprint density at radius 2 is 1.43 bits per heavy atom. The van der Waals surface area contributed by atoms with Gasteiger partial charge in [-0.3, -0.25) is 9.59 Å². The molecule has 0 N–H and O–H groups in total. The van der Waals surface area contributed by atoms with Crippen LogP contribution in [0.5, 0.6) is 0 Å². The predicted octanol–water partition coefficient (Wildman–Crippen LogP) is 6.14. The summed E-state index contributed by atoms with van der Waals surface area (Å²) in [5, 5.41) is 0. The average molecular weight is 420 g/mol. The number of benzene rings is 1. The van der Waals surface area contributed by atoms with Gasteiger partial charge in [0.25, 0.3) is 5.91 Å². The highest BCUT2D eigenvalue weighted by atomic mass is 19.1. The van der Waals surface area contributed by atoms with Gasteiger partial charge in [0.05, 0.1) is 12.5 Å². The largest absolute Gasteiger partial charge is 0.465 e. The number of nitrogens with zero attached hydrogens (tertiary/aromatic N) is 1. The minimum Gasteiger partial charge on any atom is -0.465 e. The first-order valence-corrected chi connectivity index (χ1v) is 11.8. The Kier molecular flexibility index (Phi) is 11.5. The maximum Gasteiger partial charge on any atom is 0.309 e. The molecule has 1 amide bonds. The van der Waals surface area contributed by atoms with Crippen molar-refractivity contribution in [2.45, 2.75) is 84.0 Å². The lowest BCUT2D eigenvalue weighted by Gasteiger charge is -2.31. The van der Waals surface area contributed by atoms with E-state index in [2.05, 4.69) is 6.92 Å². The molecule has 168 valence electrons. The monoisotopic (exact) mass is 419 g/mol. The molecule has 0 atom stereocenters. The van der Waals surface area contributed by atoms with E-state index in [1.54, 1.807) is 4.90 Å². The lowest BCUT2D eigenvalue weighted by atomic mass is 9.96. The third-order valence-corrected chi connectivity index (χ3v) is 5.95. The first kappa shape index (κ1) is 24.4. The molecule has 5 heteroatoms. The van der Waals surface area contributed by atoms with E-state index >= 15 is 0 Å². The normalized spacial score (nSPS) is 14.7. The number of esters is 1. The zero-order valence-electron chi connectivity index (χ0n) is 18.5. The molecule has 1 aromatic carbocycles. The van der Waals surface area contributed by atoms with Gasteiger partial charge in [-0.25, -0.2) is 4.39 Å². The molecule has 1 aliphatic heterocycles. The third-order valence-electron chi connectivity index (χ3n) is 5.95. The molecule has 0 radical (unpaired) electrons. The van der Waals surface area contributed by atoms with Gasteiger partial charge in [0.15, 0.2) is 0 Å². The van der Waals surface area contributed by atoms with Crippen molar-refractivity contribution < 1.29 is 18.7 Å². The molecule has 0 spiro atoms. The van der Waals surface area contributed by atoms with Crippen LogP contribution in [0.2, 0.25) is 0 Å². The van der Waals surface area contributed by atoms with Crippen LogP contribution in [-0.4, -0.2) is 36.5 Å². The van der Waals surface area contributed by atoms with Gasteiger partial charge in [0.2, 0.25) is 0 Å². The predicted molar refractivity (Wildman–Crippen MR) is 118 cm³/mol. The van der Waals surface area contributed by atoms with Gasteiger partial charge < -0.3 is 9.64 Å². The maximum absolute atomic E-state index is 13.0. The topological polar surface area (TPSA) is 46.6 Å². The van der Waals surface area contributed by atoms with Crippen LogP contribution in [0.25, 0.3) is 0 Å². The van der Waals surface area contributed by atoms with Crippen LogP contribution < -0.4 is 0 Å². The molecule has 4 nitrogen and oxygen atoms in total. The number of halogens is 1. The van der Waals surface area contributed by atoms with Gasteiger partial charge in [-0.1, -0.05) is 64.7 Å². The standard InChI is InChI=1S/C25H38FNO3/c1-2-3-4-5-6-7-8-9-10-11-20-30-25(29)22-16-18-27(19-17-22)24(28)21-12-14-23(26)15-13-21/h12-15,22H,2-11,16-20H2,1H3. The van der Waals surface area contributed by atoms with Crippen molar-refractivity contribution in [3.63, 3.8) is 0 Å². The number of carbonyl (C=O) groups excluding carboxylic acids is 2. The van der Waals surface area contributed by atoms with E-state index in [-0.39, 0.29) is 23.6 Å². The van der Waals surface area contributed by atoms with E-state index < -0.39 is 0 Å². The molecule has 0 unspecified atom stereocenters. The molecule has 1 heterocycles. The van der Waals surface area contributed by atoms with E-state index in [1.807, 2.05) is 0 Å². The summed E-state index contributed by atoms with van der Waals surface area (Å²) >= 11 is 0. The van der Waals surface area contributed by atoms with Gasteiger partial charge in [0, 0.05) is 18.7 Å². The first-order valence-electron chi connectivity index (χ1n) is 11.8. The first-order chi connectivity index (χ1) is 14.6. The van der Waals surface area contributed by atoms with Crippen molar-refractivity contribution in [2.24, 2.45) is 5.92 Å². The molecule has 1 saturated heterocycles. The fourth-order valence-electron chi connectivity index (χ4n) is 3.97. The Morgan fingerprint density at radius 3 is 2.00 bits per heavy atom. The molecular formula is C25H38FNO3. The summed E-state index contributed by atoms with van der Waals surface area (Å²) in [6.07, 6.45) is 13.8. The molecule has 1 aromatic rings. The molecule has 0 aliphatic carbocycles. The van der Waals surface area contributed by atoms with Crippen molar-refractivity contribution in [2.75, 3.05) is 19.7 Å². The van der Waals surface area contributed by atoms with Gasteiger partial charge in [-0.2, -0.15) is 0 Å². The number of unbranched alkanes of at least 4 members (excludes halogenated alkanes) is 9. The highest BCUT2D eigenvalue weighted by Crippen LogP contribution is 2.21. The second-order valence-electron chi connectivity index (χ2n) is 8.42. The van der Waals surface area contributed by atoms with E-state index in [9.17, 15) is 14.0 Å². The summed E-state index contributed by atoms with van der Waals surface area (Å²) in [7, 11) is 0. The van der Waals surface area contributed by atoms with E-state index in [0.29, 0.717) is 38.1 Å². The minimum absolute atomic E-state index is 0.104. The third kappa shape index (κ3) is 8.85. The van der Waals surface area contributed by atoms with Crippen LogP contribution in [0.3, 0.4) is 0 Å². The van der Waals surface area contributed by atoms with Gasteiger partial charge >= 0.3 is 5.97 Å². The van der Waals surface area contributed by atoms with Crippen LogP contribution >= 0.6 is 0 Å². The molecule has 2 rings (SSSR count). The van der Waals surface area contributed by atoms with Crippen LogP contribution in [0.4, 0.5) is 4.39 Å². The molecule has 30 heavy (non-hydrogen) atoms. The molecule has 0 aromatic heterocycles. The number of rotatable bonds is 13. The van der Waals surface area contributed by atoms with E-state index in [1.165, 1.54) is 75.6 Å². The lowest BCUT2D eigenvalue weighted by Crippen LogP contribution is -2.40. The SMILES string of the molecule is CCCCCCCCCCCCOC(=O)C1CCN(C(=O)c2ccc(F)cc2)CC1. The number of amides is 1. The molecule has 0 saturated carbocycles. The summed E-state index contributed by atoms with van der Waals surface area (Å²) in [4.78, 5) is 26.5. The Balaban J connectivity index is 1.51. The Bertz CT molecular complexity index is 624. The Labute approximate surface area is 181 Å². The number of piperidine rings is 1. The zero-order valence-corrected chi connectivity index (χ0v) is 18.5. The van der Waals surface area contributed by atoms with Crippen LogP contribution in [-0.2, 0) is 9.53 Å². The maximum atomic E-state index is 13.0. The summed E-state index contributed by atoms with van der Waals surface area (Å²) in [6.45, 7) is 3.82. The quantitative estimate of drug-likeness (QED) is 0.285. The highest BCUT2D eigenvalue weighted by molar-refractivity contribution is 5.94. The Morgan fingerprint density at radius 1 is 0.900 bits per heavy atom. The van der Waals surface area contributed by atoms with Crippen LogP contribution in [0, 0.1) is 11.7 Å². The van der Waals surface area contributed by atoms with Crippen molar-refractivity contribution in [1.29, 1.82) is 0 Å². The van der Waals surface area contributed by atoms with Crippen molar-refractivity contribution in [1.82, 2.24) is 4.90 Å². The van der Waals surface area contributed by atoms with Crippen LogP contribution in [0.1, 0.15) is 94.3 Å². The van der Waals surface area contributed by atoms with Crippen molar-refractivity contribution >= 4 is 11.9 Å². The summed E-state index contributed by atoms with van der Waals surface area (Å²) in [5.74, 6) is -0.701. The van der Waals surface area contributed by atoms with Gasteiger partial charge in [-0.15, -0.1) is 0 Å². The van der Waals surface area contributed by atoms with Crippen molar-refractivity contribution in [3.05, 3.63) is 35.6 Å². The number of ether oxygens (including phenoxy) is 1. The second-order valence-corrected chi connectivity index (χ2v) is 8.42. The zero-order chi connectivity index (χ0) is 21.6. The number of hydrogen-bond donors (Lipinski definition) is 0. The summed E-state index contributed by atoms with van der Waals surface area (Å²) < 4.78 is 18.5. The van der Waals surface area contributed by atoms with Crippen molar-refractivity contribution in [3.8, 4) is 0 Å².